The molecule has 0 aromatic heterocycles. The summed E-state index contributed by atoms with van der Waals surface area (Å²) >= 11 is 0. The van der Waals surface area contributed by atoms with E-state index in [4.69, 9.17) is 0 Å². The number of rotatable bonds is 5. The second kappa shape index (κ2) is 5.86. The fraction of sp³-hybridized carbons (Fsp3) is 0.333. The Kier molecular flexibility index (Phi) is 4.06. The molecule has 116 valence electrons. The van der Waals surface area contributed by atoms with Gasteiger partial charge in [-0.25, -0.2) is 8.42 Å². The number of aliphatic hydroxyl groups excluding tert-OH is 1. The first-order valence-corrected chi connectivity index (χ1v) is 9.13. The van der Waals surface area contributed by atoms with Crippen LogP contribution in [0.25, 0.3) is 0 Å². The lowest BCUT2D eigenvalue weighted by Crippen LogP contribution is -2.11. The van der Waals surface area contributed by atoms with Crippen molar-refractivity contribution in [1.29, 1.82) is 0 Å². The molecule has 0 amide bonds. The Morgan fingerprint density at radius 2 is 1.64 bits per heavy atom. The number of benzene rings is 2. The predicted molar refractivity (Wildman–Crippen MR) is 86.6 cm³/mol. The molecule has 1 N–H and O–H groups in total. The van der Waals surface area contributed by atoms with Crippen molar-refractivity contribution in [3.05, 3.63) is 65.7 Å². The highest BCUT2D eigenvalue weighted by Crippen LogP contribution is 2.53. The summed E-state index contributed by atoms with van der Waals surface area (Å²) in [6.45, 7) is 1.99. The summed E-state index contributed by atoms with van der Waals surface area (Å²) in [6.07, 6.45) is 0.958. The fourth-order valence-corrected chi connectivity index (χ4v) is 5.38. The molecule has 0 aliphatic heterocycles. The molecule has 0 heterocycles. The van der Waals surface area contributed by atoms with E-state index in [2.05, 4.69) is 6.92 Å². The van der Waals surface area contributed by atoms with Crippen molar-refractivity contribution in [2.75, 3.05) is 6.61 Å². The largest absolute Gasteiger partial charge is 0.396 e. The van der Waals surface area contributed by atoms with Gasteiger partial charge in [0.1, 0.15) is 0 Å². The van der Waals surface area contributed by atoms with Gasteiger partial charge in [0.05, 0.1) is 10.1 Å². The Bertz CT molecular complexity index is 736. The zero-order valence-electron chi connectivity index (χ0n) is 12.5. The van der Waals surface area contributed by atoms with Crippen LogP contribution in [0.3, 0.4) is 0 Å². The summed E-state index contributed by atoms with van der Waals surface area (Å²) in [5, 5.41) is 9.03. The molecule has 1 saturated carbocycles. The maximum Gasteiger partial charge on any atom is 0.182 e. The first-order chi connectivity index (χ1) is 10.6. The monoisotopic (exact) mass is 316 g/mol. The average molecular weight is 316 g/mol. The molecule has 0 saturated heterocycles. The Hall–Kier alpha value is -1.65. The minimum absolute atomic E-state index is 0.100. The van der Waals surface area contributed by atoms with E-state index in [0.717, 1.165) is 12.0 Å². The molecular weight excluding hydrogens is 296 g/mol. The van der Waals surface area contributed by atoms with Crippen LogP contribution in [0.15, 0.2) is 59.5 Å². The number of hydrogen-bond acceptors (Lipinski definition) is 3. The fourth-order valence-electron chi connectivity index (χ4n) is 3.16. The van der Waals surface area contributed by atoms with Crippen molar-refractivity contribution in [2.45, 2.75) is 29.4 Å². The molecule has 0 spiro atoms. The van der Waals surface area contributed by atoms with Gasteiger partial charge < -0.3 is 5.11 Å². The summed E-state index contributed by atoms with van der Waals surface area (Å²) in [5.41, 5.74) is 2.23. The van der Waals surface area contributed by atoms with Gasteiger partial charge >= 0.3 is 0 Å². The molecule has 0 bridgehead atoms. The van der Waals surface area contributed by atoms with Gasteiger partial charge in [0.25, 0.3) is 0 Å². The molecule has 3 atom stereocenters. The maximum atomic E-state index is 12.8. The third-order valence-corrected chi connectivity index (χ3v) is 6.80. The van der Waals surface area contributed by atoms with Gasteiger partial charge in [0, 0.05) is 18.4 Å². The summed E-state index contributed by atoms with van der Waals surface area (Å²) < 4.78 is 25.5. The van der Waals surface area contributed by atoms with Gasteiger partial charge in [-0.15, -0.1) is 0 Å². The minimum atomic E-state index is -3.40. The van der Waals surface area contributed by atoms with E-state index >= 15 is 0 Å². The van der Waals surface area contributed by atoms with Crippen LogP contribution in [0.5, 0.6) is 0 Å². The van der Waals surface area contributed by atoms with Crippen LogP contribution in [0, 0.1) is 5.92 Å². The lowest BCUT2D eigenvalue weighted by Gasteiger charge is -2.04. The first kappa shape index (κ1) is 15.3. The molecule has 0 radical (unpaired) electrons. The van der Waals surface area contributed by atoms with E-state index in [1.54, 1.807) is 30.3 Å². The lowest BCUT2D eigenvalue weighted by molar-refractivity contribution is 0.274. The maximum absolute atomic E-state index is 12.8. The summed E-state index contributed by atoms with van der Waals surface area (Å²) in [5.74, 6) is -0.321. The van der Waals surface area contributed by atoms with Crippen molar-refractivity contribution in [1.82, 2.24) is 0 Å². The van der Waals surface area contributed by atoms with Crippen LogP contribution in [-0.4, -0.2) is 25.4 Å². The van der Waals surface area contributed by atoms with Gasteiger partial charge in [-0.3, -0.25) is 0 Å². The zero-order chi connectivity index (χ0) is 15.7. The Morgan fingerprint density at radius 3 is 2.18 bits per heavy atom. The molecule has 3 nitrogen and oxygen atoms in total. The first-order valence-electron chi connectivity index (χ1n) is 7.58. The van der Waals surface area contributed by atoms with Crippen molar-refractivity contribution < 1.29 is 13.5 Å². The molecule has 2 aromatic carbocycles. The van der Waals surface area contributed by atoms with Gasteiger partial charge in [0.2, 0.25) is 0 Å². The highest BCUT2D eigenvalue weighted by atomic mass is 32.2. The zero-order valence-corrected chi connectivity index (χ0v) is 13.3. The Morgan fingerprint density at radius 1 is 1.00 bits per heavy atom. The molecule has 1 fully saturated rings. The molecule has 22 heavy (non-hydrogen) atoms. The molecule has 2 aromatic rings. The summed E-state index contributed by atoms with van der Waals surface area (Å²) in [4.78, 5) is 0.339. The van der Waals surface area contributed by atoms with E-state index in [9.17, 15) is 13.5 Å². The quantitative estimate of drug-likeness (QED) is 0.923. The Balaban J connectivity index is 1.91. The standard InChI is InChI=1S/C18H20O3S/c1-2-13-8-10-14(11-9-13)17-16(12-19)18(17)22(20,21)15-6-4-3-5-7-15/h3-11,16-19H,2,12H2,1H3/t16-,17+,18-/m0/s1. The van der Waals surface area contributed by atoms with Crippen molar-refractivity contribution in [3.63, 3.8) is 0 Å². The molecule has 1 aliphatic carbocycles. The van der Waals surface area contributed by atoms with Crippen LogP contribution in [-0.2, 0) is 16.3 Å². The third-order valence-electron chi connectivity index (χ3n) is 4.51. The number of aliphatic hydroxyl groups is 1. The van der Waals surface area contributed by atoms with Gasteiger partial charge in [-0.05, 0) is 29.7 Å². The second-order valence-electron chi connectivity index (χ2n) is 5.79. The SMILES string of the molecule is CCc1ccc([C@@H]2[C@H](CO)[C@@H]2S(=O)(=O)c2ccccc2)cc1. The van der Waals surface area contributed by atoms with Crippen LogP contribution in [0.2, 0.25) is 0 Å². The molecule has 4 heteroatoms. The van der Waals surface area contributed by atoms with Gasteiger partial charge in [-0.1, -0.05) is 49.4 Å². The molecule has 1 aliphatic rings. The van der Waals surface area contributed by atoms with Crippen LogP contribution < -0.4 is 0 Å². The summed E-state index contributed by atoms with van der Waals surface area (Å²) in [7, 11) is -3.40. The third kappa shape index (κ3) is 2.57. The summed E-state index contributed by atoms with van der Waals surface area (Å²) in [6, 6.07) is 16.6. The van der Waals surface area contributed by atoms with Crippen molar-refractivity contribution in [3.8, 4) is 0 Å². The topological polar surface area (TPSA) is 54.4 Å². The molecular formula is C18H20O3S. The number of sulfone groups is 1. The van der Waals surface area contributed by atoms with Crippen LogP contribution in [0.1, 0.15) is 24.0 Å². The molecule has 3 rings (SSSR count). The van der Waals surface area contributed by atoms with Gasteiger partial charge in [0.15, 0.2) is 9.84 Å². The minimum Gasteiger partial charge on any atom is -0.396 e. The number of hydrogen-bond donors (Lipinski definition) is 1. The van der Waals surface area contributed by atoms with E-state index in [1.165, 1.54) is 5.56 Å². The second-order valence-corrected chi connectivity index (χ2v) is 7.90. The highest BCUT2D eigenvalue weighted by Gasteiger charge is 2.58. The van der Waals surface area contributed by atoms with Gasteiger partial charge in [-0.2, -0.15) is 0 Å². The van der Waals surface area contributed by atoms with Crippen LogP contribution >= 0.6 is 0 Å². The van der Waals surface area contributed by atoms with Crippen molar-refractivity contribution >= 4 is 9.84 Å². The Labute approximate surface area is 131 Å². The highest BCUT2D eigenvalue weighted by molar-refractivity contribution is 7.92. The van der Waals surface area contributed by atoms with E-state index < -0.39 is 15.1 Å². The smallest absolute Gasteiger partial charge is 0.182 e. The van der Waals surface area contributed by atoms with Crippen molar-refractivity contribution in [2.24, 2.45) is 5.92 Å². The lowest BCUT2D eigenvalue weighted by atomic mass is 10.1. The predicted octanol–water partition coefficient (Wildman–Crippen LogP) is 2.80. The normalized spacial score (nSPS) is 24.2. The van der Waals surface area contributed by atoms with Crippen LogP contribution in [0.4, 0.5) is 0 Å². The van der Waals surface area contributed by atoms with E-state index in [-0.39, 0.29) is 18.4 Å². The van der Waals surface area contributed by atoms with E-state index in [0.29, 0.717) is 4.90 Å². The van der Waals surface area contributed by atoms with E-state index in [1.807, 2.05) is 24.3 Å². The molecule has 0 unspecified atom stereocenters. The average Bonchev–Trinajstić information content (AvgIpc) is 3.31. The number of aryl methyl sites for hydroxylation is 1.